The monoisotopic (exact) mass is 667 g/mol. The molecular weight excluding hydrogens is 642 g/mol. The number of aliphatic hydroxyl groups excluding tert-OH is 2. The van der Waals surface area contributed by atoms with Gasteiger partial charge in [0.15, 0.2) is 0 Å². The fourth-order valence-corrected chi connectivity index (χ4v) is 2.72. The molecule has 0 heterocycles. The van der Waals surface area contributed by atoms with Crippen LogP contribution in [0.2, 0.25) is 10.0 Å². The van der Waals surface area contributed by atoms with Gasteiger partial charge >= 0.3 is 115 Å². The second-order valence-corrected chi connectivity index (χ2v) is 8.11. The van der Waals surface area contributed by atoms with Gasteiger partial charge < -0.3 is 37.7 Å². The van der Waals surface area contributed by atoms with E-state index in [1.165, 1.54) is 26.0 Å². The van der Waals surface area contributed by atoms with Crippen molar-refractivity contribution < 1.29 is 154 Å². The predicted molar refractivity (Wildman–Crippen MR) is 137 cm³/mol. The number of carbonyl (C=O) groups excluding carboxylic acids is 1. The number of carboxylic acids is 2. The van der Waals surface area contributed by atoms with Crippen LogP contribution in [0.4, 0.5) is 15.8 Å². The number of nitrogens with two attached hydrogens (primary N) is 1. The summed E-state index contributed by atoms with van der Waals surface area (Å²) in [6.07, 6.45) is -1.73. The van der Waals surface area contributed by atoms with Gasteiger partial charge in [-0.3, -0.25) is 14.4 Å². The third-order valence-corrected chi connectivity index (χ3v) is 4.97. The first-order chi connectivity index (χ1) is 18.2. The molecule has 0 aliphatic heterocycles. The molecule has 17 heteroatoms. The fourth-order valence-electron chi connectivity index (χ4n) is 2.26. The van der Waals surface area contributed by atoms with Crippen molar-refractivity contribution >= 4 is 53.0 Å². The zero-order chi connectivity index (χ0) is 30.7. The van der Waals surface area contributed by atoms with Crippen molar-refractivity contribution in [3.63, 3.8) is 0 Å². The van der Waals surface area contributed by atoms with Crippen LogP contribution in [0, 0.1) is 24.9 Å². The molecule has 214 valence electrons. The molecule has 2 aromatic carbocycles. The Hall–Kier alpha value is -0.547. The number of hydrogen-bond donors (Lipinski definition) is 5. The van der Waals surface area contributed by atoms with Gasteiger partial charge in [0, 0.05) is 10.0 Å². The smallest absolute Gasteiger partial charge is 1.00 e. The molecule has 0 saturated heterocycles. The van der Waals surface area contributed by atoms with Gasteiger partial charge in [0.2, 0.25) is 11.4 Å². The largest absolute Gasteiger partial charge is 1.00 e. The molecule has 2 rings (SSSR count). The van der Waals surface area contributed by atoms with Crippen molar-refractivity contribution in [3.05, 3.63) is 80.7 Å². The van der Waals surface area contributed by atoms with Crippen molar-refractivity contribution in [2.45, 2.75) is 38.5 Å². The van der Waals surface area contributed by atoms with E-state index < -0.39 is 41.9 Å². The van der Waals surface area contributed by atoms with E-state index in [1.807, 2.05) is 0 Å². The minimum Gasteiger partial charge on any atom is -1.00 e. The third-order valence-electron chi connectivity index (χ3n) is 4.36. The van der Waals surface area contributed by atoms with E-state index >= 15 is 0 Å². The van der Waals surface area contributed by atoms with Gasteiger partial charge in [0.05, 0.1) is 31.3 Å². The minimum absolute atomic E-state index is 0. The van der Waals surface area contributed by atoms with Crippen molar-refractivity contribution in [3.8, 4) is 0 Å². The molecule has 0 radical (unpaired) electrons. The van der Waals surface area contributed by atoms with Gasteiger partial charge in [0.1, 0.15) is 11.9 Å². The van der Waals surface area contributed by atoms with E-state index in [4.69, 9.17) is 67.5 Å². The summed E-state index contributed by atoms with van der Waals surface area (Å²) in [6, 6.07) is 7.28. The Balaban J connectivity index is -0.000000158. The van der Waals surface area contributed by atoms with Crippen LogP contribution in [0.3, 0.4) is 0 Å². The molecule has 12 nitrogen and oxygen atoms in total. The molecule has 0 amide bonds. The molecule has 0 fully saturated rings. The Kier molecular flexibility index (Phi) is 31.2. The molecule has 41 heavy (non-hydrogen) atoms. The number of halogens is 3. The summed E-state index contributed by atoms with van der Waals surface area (Å²) in [5.74, 6) is -3.52. The van der Waals surface area contributed by atoms with E-state index in [2.05, 4.69) is 14.6 Å². The zero-order valence-corrected chi connectivity index (χ0v) is 30.3. The number of aliphatic carboxylic acids is 2. The molecule has 0 aliphatic rings. The maximum Gasteiger partial charge on any atom is 1.00 e. The maximum absolute atomic E-state index is 12.3. The third kappa shape index (κ3) is 21.7. The van der Waals surface area contributed by atoms with Gasteiger partial charge in [-0.2, -0.15) is 0 Å². The second kappa shape index (κ2) is 27.0. The number of nitrogens with zero attached hydrogens (tertiary/aromatic N) is 2. The Morgan fingerprint density at radius 3 is 1.73 bits per heavy atom. The maximum atomic E-state index is 12.3. The van der Waals surface area contributed by atoms with Gasteiger partial charge in [0.25, 0.3) is 6.47 Å². The molecule has 0 bridgehead atoms. The van der Waals surface area contributed by atoms with Gasteiger partial charge in [-0.1, -0.05) is 47.5 Å². The number of carboxylic acid groups (broad SMARTS) is 2. The van der Waals surface area contributed by atoms with Gasteiger partial charge in [-0.25, -0.2) is 14.1 Å². The summed E-state index contributed by atoms with van der Waals surface area (Å²) in [5.41, 5.74) is 6.21. The summed E-state index contributed by atoms with van der Waals surface area (Å²) in [6.45, 7) is 16.0. The zero-order valence-electron chi connectivity index (χ0n) is 23.5. The summed E-state index contributed by atoms with van der Waals surface area (Å²) >= 11 is 11.3. The van der Waals surface area contributed by atoms with Crippen molar-refractivity contribution in [1.29, 1.82) is 0 Å². The first kappa shape index (κ1) is 47.4. The molecule has 4 atom stereocenters. The summed E-state index contributed by atoms with van der Waals surface area (Å²) in [7, 11) is 0. The van der Waals surface area contributed by atoms with Crippen molar-refractivity contribution in [2.75, 3.05) is 0 Å². The van der Waals surface area contributed by atoms with Crippen molar-refractivity contribution in [2.24, 2.45) is 11.7 Å². The first-order valence-corrected chi connectivity index (χ1v) is 11.2. The van der Waals surface area contributed by atoms with Crippen LogP contribution in [0.1, 0.15) is 20.8 Å². The van der Waals surface area contributed by atoms with Gasteiger partial charge in [-0.15, -0.1) is 0 Å². The van der Waals surface area contributed by atoms with Crippen LogP contribution in [-0.2, 0) is 25.7 Å². The Morgan fingerprint density at radius 1 is 1.02 bits per heavy atom. The van der Waals surface area contributed by atoms with Gasteiger partial charge in [-0.05, 0) is 38.0 Å². The van der Waals surface area contributed by atoms with Crippen LogP contribution in [0.25, 0.3) is 9.69 Å². The quantitative estimate of drug-likeness (QED) is 0.0662. The Labute approximate surface area is 332 Å². The van der Waals surface area contributed by atoms with Crippen LogP contribution in [0.5, 0.6) is 0 Å². The number of rotatable bonds is 7. The van der Waals surface area contributed by atoms with Crippen LogP contribution in [0.15, 0.2) is 36.4 Å². The number of carbonyl (C=O) groups is 3. The van der Waals surface area contributed by atoms with E-state index in [1.54, 1.807) is 18.2 Å². The average molecular weight is 669 g/mol. The van der Waals surface area contributed by atoms with Crippen molar-refractivity contribution in [1.82, 2.24) is 0 Å². The van der Waals surface area contributed by atoms with Crippen LogP contribution < -0.4 is 114 Å². The topological polar surface area (TPSA) is 199 Å². The molecule has 0 aromatic heterocycles. The van der Waals surface area contributed by atoms with E-state index in [0.29, 0.717) is 16.3 Å². The minimum atomic E-state index is -1.18. The molecule has 0 aliphatic carbocycles. The van der Waals surface area contributed by atoms with E-state index in [0.717, 1.165) is 6.07 Å². The van der Waals surface area contributed by atoms with Crippen LogP contribution >= 0.6 is 23.2 Å². The first-order valence-electron chi connectivity index (χ1n) is 10.4. The SMILES string of the molecule is C[C@H](O)[C@@H](N)C(=O)O.O=CO[O-].[C-]#[N+]c1ccc(C[C@@H](C(=O)O)[C@H](C)O)cc1Cl.[C-]#[N+]c1ccc(F)cc1Cl.[H-].[K+].[K+]. The van der Waals surface area contributed by atoms with E-state index in [-0.39, 0.29) is 128 Å². The number of aliphatic hydroxyl groups is 2. The predicted octanol–water partition coefficient (Wildman–Crippen LogP) is -3.12. The normalized spacial score (nSPS) is 11.8. The fraction of sp³-hybridized carbons (Fsp3) is 0.292. The second-order valence-electron chi connectivity index (χ2n) is 7.29. The number of hydrogen-bond acceptors (Lipinski definition) is 8. The molecular formula is C24H26Cl2FK2N3O9. The molecule has 0 spiro atoms. The van der Waals surface area contributed by atoms with Crippen LogP contribution in [-0.4, -0.2) is 57.1 Å². The number of benzene rings is 2. The summed E-state index contributed by atoms with van der Waals surface area (Å²) < 4.78 is 12.3. The Bertz CT molecular complexity index is 1190. The standard InChI is InChI=1S/C12H12ClNO3.C7H3ClFN.C4H9NO3.CH2O3.2K.H/c1-7(15)9(12(16)17)5-8-3-4-11(14-2)10(13)6-8;1-10-7-3-2-5(9)4-6(7)8;1-2(6)3(5)4(7)8;2-1-4-3;;;/h3-4,6-7,9,15H,5H2,1H3,(H,16,17);2-4H;2-3,6H,5H2,1H3,(H,7,8);1,3H;;;/q;;;;2*+1;-1/p-1/t7-,9+;;2-,3+;;;;/m0.0..../s1. The summed E-state index contributed by atoms with van der Waals surface area (Å²) in [4.78, 5) is 38.3. The average Bonchev–Trinajstić information content (AvgIpc) is 2.87. The molecule has 0 unspecified atom stereocenters. The molecule has 0 saturated carbocycles. The molecule has 2 aromatic rings. The van der Waals surface area contributed by atoms with E-state index in [9.17, 15) is 19.1 Å². The summed E-state index contributed by atoms with van der Waals surface area (Å²) in [5, 5.41) is 43.7. The Morgan fingerprint density at radius 2 is 1.46 bits per heavy atom. The molecule has 6 N–H and O–H groups in total.